The highest BCUT2D eigenvalue weighted by atomic mass is 32.2. The normalized spacial score (nSPS) is 12.5. The number of nitrogens with zero attached hydrogens (tertiary/aromatic N) is 2. The van der Waals surface area contributed by atoms with E-state index in [-0.39, 0.29) is 11.9 Å². The van der Waals surface area contributed by atoms with Gasteiger partial charge in [0.25, 0.3) is 0 Å². The summed E-state index contributed by atoms with van der Waals surface area (Å²) in [5.41, 5.74) is 4.06. The Hall–Kier alpha value is -1.86. The number of hydrogen-bond acceptors (Lipinski definition) is 5. The molecule has 2 heterocycles. The third-order valence-electron chi connectivity index (χ3n) is 3.68. The van der Waals surface area contributed by atoms with Gasteiger partial charge in [0.05, 0.1) is 33.5 Å². The van der Waals surface area contributed by atoms with E-state index in [0.29, 0.717) is 5.75 Å². The minimum Gasteiger partial charge on any atom is -0.347 e. The van der Waals surface area contributed by atoms with E-state index in [4.69, 9.17) is 0 Å². The maximum Gasteiger partial charge on any atom is 0.231 e. The van der Waals surface area contributed by atoms with Crippen molar-refractivity contribution in [3.8, 4) is 0 Å². The Balaban J connectivity index is 1.59. The van der Waals surface area contributed by atoms with Crippen LogP contribution in [0.5, 0.6) is 0 Å². The molecule has 0 fully saturated rings. The Morgan fingerprint density at radius 2 is 2.12 bits per heavy atom. The van der Waals surface area contributed by atoms with E-state index in [9.17, 15) is 4.79 Å². The molecular formula is C17H20N4OS2. The van der Waals surface area contributed by atoms with Crippen molar-refractivity contribution in [2.45, 2.75) is 38.9 Å². The zero-order valence-electron chi connectivity index (χ0n) is 14.1. The maximum absolute atomic E-state index is 12.2. The van der Waals surface area contributed by atoms with Crippen molar-refractivity contribution >= 4 is 40.0 Å². The number of nitrogens with one attached hydrogen (secondary N) is 2. The number of amides is 1. The first kappa shape index (κ1) is 17.0. The average Bonchev–Trinajstić information content (AvgIpc) is 3.07. The van der Waals surface area contributed by atoms with Crippen LogP contribution in [0.1, 0.15) is 34.1 Å². The lowest BCUT2D eigenvalue weighted by Crippen LogP contribution is -2.28. The van der Waals surface area contributed by atoms with Crippen LogP contribution in [0.2, 0.25) is 0 Å². The number of thioether (sulfide) groups is 1. The molecule has 126 valence electrons. The molecule has 1 aromatic carbocycles. The van der Waals surface area contributed by atoms with Gasteiger partial charge in [-0.1, -0.05) is 17.8 Å². The lowest BCUT2D eigenvalue weighted by molar-refractivity contribution is -0.119. The van der Waals surface area contributed by atoms with Crippen molar-refractivity contribution < 1.29 is 4.79 Å². The molecule has 1 unspecified atom stereocenters. The van der Waals surface area contributed by atoms with Gasteiger partial charge < -0.3 is 10.3 Å². The molecule has 0 aliphatic heterocycles. The summed E-state index contributed by atoms with van der Waals surface area (Å²) in [7, 11) is 0. The van der Waals surface area contributed by atoms with Crippen molar-refractivity contribution in [1.29, 1.82) is 0 Å². The largest absolute Gasteiger partial charge is 0.347 e. The summed E-state index contributed by atoms with van der Waals surface area (Å²) >= 11 is 3.07. The van der Waals surface area contributed by atoms with Crippen LogP contribution in [0.3, 0.4) is 0 Å². The number of carbonyl (C=O) groups excluding carboxylic acids is 1. The van der Waals surface area contributed by atoms with Crippen molar-refractivity contribution in [2.24, 2.45) is 0 Å². The number of fused-ring (bicyclic) bond motifs is 1. The zero-order chi connectivity index (χ0) is 17.3. The molecule has 3 aromatic rings. The molecule has 2 aromatic heterocycles. The summed E-state index contributed by atoms with van der Waals surface area (Å²) < 4.78 is 0. The summed E-state index contributed by atoms with van der Waals surface area (Å²) in [5, 5.41) is 4.79. The van der Waals surface area contributed by atoms with Gasteiger partial charge in [-0.2, -0.15) is 0 Å². The second kappa shape index (κ2) is 6.94. The Morgan fingerprint density at radius 1 is 1.33 bits per heavy atom. The van der Waals surface area contributed by atoms with Crippen LogP contribution in [0.4, 0.5) is 0 Å². The fourth-order valence-corrected chi connectivity index (χ4v) is 4.21. The summed E-state index contributed by atoms with van der Waals surface area (Å²) in [5.74, 6) is 0.305. The third-order valence-corrected chi connectivity index (χ3v) is 5.46. The Kier molecular flexibility index (Phi) is 4.91. The van der Waals surface area contributed by atoms with Gasteiger partial charge in [0.2, 0.25) is 5.91 Å². The van der Waals surface area contributed by atoms with Gasteiger partial charge in [-0.25, -0.2) is 9.97 Å². The molecule has 2 N–H and O–H groups in total. The summed E-state index contributed by atoms with van der Waals surface area (Å²) in [6, 6.07) is 5.99. The lowest BCUT2D eigenvalue weighted by Gasteiger charge is -2.12. The highest BCUT2D eigenvalue weighted by Crippen LogP contribution is 2.23. The monoisotopic (exact) mass is 360 g/mol. The predicted octanol–water partition coefficient (Wildman–Crippen LogP) is 3.91. The predicted molar refractivity (Wildman–Crippen MR) is 99.7 cm³/mol. The minimum absolute atomic E-state index is 0.0193. The molecule has 0 radical (unpaired) electrons. The number of thiazole rings is 1. The molecule has 0 saturated carbocycles. The van der Waals surface area contributed by atoms with E-state index in [1.54, 1.807) is 11.3 Å². The molecule has 0 aliphatic rings. The molecule has 24 heavy (non-hydrogen) atoms. The number of hydrogen-bond donors (Lipinski definition) is 2. The van der Waals surface area contributed by atoms with Gasteiger partial charge >= 0.3 is 0 Å². The smallest absolute Gasteiger partial charge is 0.231 e. The second-order valence-corrected chi connectivity index (χ2v) is 8.19. The van der Waals surface area contributed by atoms with Crippen LogP contribution in [0.15, 0.2) is 23.4 Å². The van der Waals surface area contributed by atoms with Crippen LogP contribution in [-0.4, -0.2) is 26.6 Å². The molecule has 0 spiro atoms. The maximum atomic E-state index is 12.2. The lowest BCUT2D eigenvalue weighted by atomic mass is 10.2. The van der Waals surface area contributed by atoms with Crippen molar-refractivity contribution in [1.82, 2.24) is 20.3 Å². The quantitative estimate of drug-likeness (QED) is 0.677. The Morgan fingerprint density at radius 3 is 2.83 bits per heavy atom. The number of aryl methyl sites for hydroxylation is 3. The van der Waals surface area contributed by atoms with Crippen LogP contribution < -0.4 is 5.32 Å². The van der Waals surface area contributed by atoms with Gasteiger partial charge in [-0.3, -0.25) is 4.79 Å². The number of benzene rings is 1. The van der Waals surface area contributed by atoms with E-state index in [0.717, 1.165) is 31.8 Å². The number of carbonyl (C=O) groups is 1. The van der Waals surface area contributed by atoms with E-state index in [2.05, 4.69) is 26.3 Å². The molecule has 5 nitrogen and oxygen atoms in total. The van der Waals surface area contributed by atoms with Crippen LogP contribution in [0, 0.1) is 20.8 Å². The highest BCUT2D eigenvalue weighted by molar-refractivity contribution is 7.99. The van der Waals surface area contributed by atoms with Crippen molar-refractivity contribution in [2.75, 3.05) is 5.75 Å². The van der Waals surface area contributed by atoms with E-state index in [1.165, 1.54) is 17.3 Å². The van der Waals surface area contributed by atoms with Gasteiger partial charge in [0.15, 0.2) is 5.16 Å². The topological polar surface area (TPSA) is 70.7 Å². The number of H-pyrrole nitrogens is 1. The molecule has 7 heteroatoms. The van der Waals surface area contributed by atoms with Crippen LogP contribution in [-0.2, 0) is 4.79 Å². The van der Waals surface area contributed by atoms with Crippen LogP contribution >= 0.6 is 23.1 Å². The minimum atomic E-state index is -0.0821. The van der Waals surface area contributed by atoms with Gasteiger partial charge in [0.1, 0.15) is 0 Å². The van der Waals surface area contributed by atoms with Crippen molar-refractivity contribution in [3.63, 3.8) is 0 Å². The first-order chi connectivity index (χ1) is 11.4. The summed E-state index contributed by atoms with van der Waals surface area (Å²) in [6.45, 7) is 8.03. The zero-order valence-corrected chi connectivity index (χ0v) is 15.8. The van der Waals surface area contributed by atoms with Crippen LogP contribution in [0.25, 0.3) is 11.0 Å². The first-order valence-corrected chi connectivity index (χ1v) is 9.55. The van der Waals surface area contributed by atoms with E-state index in [1.807, 2.05) is 39.8 Å². The van der Waals surface area contributed by atoms with E-state index < -0.39 is 0 Å². The first-order valence-electron chi connectivity index (χ1n) is 7.75. The number of rotatable bonds is 5. The summed E-state index contributed by atoms with van der Waals surface area (Å²) in [4.78, 5) is 25.6. The van der Waals surface area contributed by atoms with Gasteiger partial charge in [-0.05, 0) is 45.4 Å². The average molecular weight is 361 g/mol. The standard InChI is InChI=1S/C17H20N4OS2/c1-9-5-6-13-14(7-9)21-17(20-13)23-8-15(22)18-10(2)16-11(3)24-12(4)19-16/h5-7,10H,8H2,1-4H3,(H,18,22)(H,20,21). The fraction of sp³-hybridized carbons (Fsp3) is 0.353. The van der Waals surface area contributed by atoms with Gasteiger partial charge in [0, 0.05) is 4.88 Å². The number of imidazole rings is 1. The van der Waals surface area contributed by atoms with Crippen molar-refractivity contribution in [3.05, 3.63) is 39.3 Å². The SMILES string of the molecule is Cc1ccc2nc(SCC(=O)NC(C)c3nc(C)sc3C)[nH]c2c1. The number of aromatic nitrogens is 3. The molecular weight excluding hydrogens is 340 g/mol. The molecule has 1 amide bonds. The van der Waals surface area contributed by atoms with E-state index >= 15 is 0 Å². The molecule has 0 aliphatic carbocycles. The van der Waals surface area contributed by atoms with Gasteiger partial charge in [-0.15, -0.1) is 11.3 Å². The molecule has 1 atom stereocenters. The Bertz CT molecular complexity index is 884. The molecule has 0 saturated heterocycles. The Labute approximate surface area is 149 Å². The fourth-order valence-electron chi connectivity index (χ4n) is 2.60. The summed E-state index contributed by atoms with van der Waals surface area (Å²) in [6.07, 6.45) is 0. The second-order valence-electron chi connectivity index (χ2n) is 5.81. The number of aromatic amines is 1. The highest BCUT2D eigenvalue weighted by Gasteiger charge is 2.16. The molecule has 0 bridgehead atoms. The third kappa shape index (κ3) is 3.79. The molecule has 3 rings (SSSR count).